The molecule has 2 rings (SSSR count). The van der Waals surface area contributed by atoms with Crippen molar-refractivity contribution >= 4 is 15.9 Å². The summed E-state index contributed by atoms with van der Waals surface area (Å²) in [4.78, 5) is 15.5. The molecule has 2 aromatic rings. The molecule has 1 aromatic heterocycles. The van der Waals surface area contributed by atoms with E-state index < -0.39 is 32.7 Å². The average Bonchev–Trinajstić information content (AvgIpc) is 2.47. The summed E-state index contributed by atoms with van der Waals surface area (Å²) in [7, 11) is -4.24. The Morgan fingerprint density at radius 2 is 2.05 bits per heavy atom. The largest absolute Gasteiger partial charge is 0.344 e. The molecule has 1 aromatic carbocycles. The quantitative estimate of drug-likeness (QED) is 0.886. The number of benzene rings is 1. The summed E-state index contributed by atoms with van der Waals surface area (Å²) in [5.41, 5.74) is 0.637. The fraction of sp³-hybridized carbons (Fsp3) is 0.143. The van der Waals surface area contributed by atoms with Gasteiger partial charge in [0.2, 0.25) is 10.0 Å². The van der Waals surface area contributed by atoms with Crippen LogP contribution in [0.3, 0.4) is 0 Å². The van der Waals surface area contributed by atoms with Crippen LogP contribution in [0.1, 0.15) is 29.0 Å². The first-order valence-corrected chi connectivity index (χ1v) is 7.88. The molecule has 0 radical (unpaired) electrons. The Morgan fingerprint density at radius 1 is 1.32 bits per heavy atom. The summed E-state index contributed by atoms with van der Waals surface area (Å²) in [6.45, 7) is 1.73. The molecule has 1 atom stereocenters. The van der Waals surface area contributed by atoms with Gasteiger partial charge in [-0.3, -0.25) is 9.78 Å². The van der Waals surface area contributed by atoms with Gasteiger partial charge in [-0.05, 0) is 37.3 Å². The van der Waals surface area contributed by atoms with Gasteiger partial charge in [-0.1, -0.05) is 6.07 Å². The van der Waals surface area contributed by atoms with Gasteiger partial charge < -0.3 is 5.32 Å². The van der Waals surface area contributed by atoms with Crippen molar-refractivity contribution in [2.75, 3.05) is 0 Å². The van der Waals surface area contributed by atoms with Crippen molar-refractivity contribution in [2.45, 2.75) is 17.9 Å². The van der Waals surface area contributed by atoms with E-state index in [9.17, 15) is 17.6 Å². The number of nitrogens with one attached hydrogen (secondary N) is 1. The molecule has 0 saturated heterocycles. The number of sulfonamides is 1. The van der Waals surface area contributed by atoms with Crippen molar-refractivity contribution in [3.63, 3.8) is 0 Å². The molecule has 3 N–H and O–H groups in total. The lowest BCUT2D eigenvalue weighted by molar-refractivity contribution is 0.0939. The molecule has 6 nitrogen and oxygen atoms in total. The molecule has 0 saturated carbocycles. The number of amides is 1. The molecule has 1 amide bonds. The van der Waals surface area contributed by atoms with E-state index in [2.05, 4.69) is 10.3 Å². The third kappa shape index (κ3) is 3.66. The van der Waals surface area contributed by atoms with Gasteiger partial charge in [0.05, 0.1) is 11.7 Å². The second-order valence-electron chi connectivity index (χ2n) is 4.64. The molecule has 22 heavy (non-hydrogen) atoms. The minimum atomic E-state index is -4.24. The van der Waals surface area contributed by atoms with E-state index in [1.165, 1.54) is 6.07 Å². The van der Waals surface area contributed by atoms with E-state index in [1.54, 1.807) is 31.3 Å². The van der Waals surface area contributed by atoms with Gasteiger partial charge in [0.25, 0.3) is 5.91 Å². The third-order valence-electron chi connectivity index (χ3n) is 2.98. The van der Waals surface area contributed by atoms with Crippen LogP contribution < -0.4 is 10.5 Å². The van der Waals surface area contributed by atoms with Crippen molar-refractivity contribution in [3.05, 3.63) is 59.7 Å². The number of halogens is 1. The Bertz CT molecular complexity index is 794. The maximum absolute atomic E-state index is 13.5. The number of hydrogen-bond donors (Lipinski definition) is 2. The second-order valence-corrected chi connectivity index (χ2v) is 6.17. The van der Waals surface area contributed by atoms with Crippen LogP contribution in [0.5, 0.6) is 0 Å². The SMILES string of the molecule is C[C@H](NC(=O)c1ccc(F)c(S(N)(=O)=O)c1)c1ccccn1. The lowest BCUT2D eigenvalue weighted by atomic mass is 10.1. The zero-order valence-corrected chi connectivity index (χ0v) is 12.5. The number of carbonyl (C=O) groups is 1. The Balaban J connectivity index is 2.24. The molecule has 116 valence electrons. The molecule has 0 fully saturated rings. The fourth-order valence-corrected chi connectivity index (χ4v) is 2.48. The van der Waals surface area contributed by atoms with E-state index in [-0.39, 0.29) is 5.56 Å². The van der Waals surface area contributed by atoms with Crippen LogP contribution in [0.15, 0.2) is 47.5 Å². The van der Waals surface area contributed by atoms with Crippen molar-refractivity contribution in [1.82, 2.24) is 10.3 Å². The molecule has 0 aliphatic carbocycles. The maximum Gasteiger partial charge on any atom is 0.251 e. The summed E-state index contributed by atoms with van der Waals surface area (Å²) < 4.78 is 36.0. The highest BCUT2D eigenvalue weighted by Crippen LogP contribution is 2.16. The summed E-state index contributed by atoms with van der Waals surface area (Å²) in [6.07, 6.45) is 1.59. The lowest BCUT2D eigenvalue weighted by Gasteiger charge is -2.13. The highest BCUT2D eigenvalue weighted by atomic mass is 32.2. The van der Waals surface area contributed by atoms with Crippen LogP contribution in [0.25, 0.3) is 0 Å². The highest BCUT2D eigenvalue weighted by molar-refractivity contribution is 7.89. The molecule has 1 heterocycles. The van der Waals surface area contributed by atoms with Crippen LogP contribution in [0, 0.1) is 5.82 Å². The zero-order valence-electron chi connectivity index (χ0n) is 11.7. The molecule has 8 heteroatoms. The fourth-order valence-electron chi connectivity index (χ4n) is 1.85. The summed E-state index contributed by atoms with van der Waals surface area (Å²) in [6, 6.07) is 7.86. The number of nitrogens with zero attached hydrogens (tertiary/aromatic N) is 1. The zero-order chi connectivity index (χ0) is 16.3. The highest BCUT2D eigenvalue weighted by Gasteiger charge is 2.18. The second kappa shape index (κ2) is 6.20. The first-order valence-electron chi connectivity index (χ1n) is 6.33. The predicted molar refractivity (Wildman–Crippen MR) is 77.9 cm³/mol. The van der Waals surface area contributed by atoms with Crippen molar-refractivity contribution in [1.29, 1.82) is 0 Å². The number of nitrogens with two attached hydrogens (primary N) is 1. The topological polar surface area (TPSA) is 102 Å². The lowest BCUT2D eigenvalue weighted by Crippen LogP contribution is -2.27. The number of carbonyl (C=O) groups excluding carboxylic acids is 1. The van der Waals surface area contributed by atoms with Crippen molar-refractivity contribution in [2.24, 2.45) is 5.14 Å². The van der Waals surface area contributed by atoms with Crippen LogP contribution in [-0.2, 0) is 10.0 Å². The van der Waals surface area contributed by atoms with Gasteiger partial charge in [-0.25, -0.2) is 17.9 Å². The summed E-state index contributed by atoms with van der Waals surface area (Å²) in [5, 5.41) is 7.56. The van der Waals surface area contributed by atoms with Gasteiger partial charge in [0, 0.05) is 11.8 Å². The van der Waals surface area contributed by atoms with Crippen molar-refractivity contribution < 1.29 is 17.6 Å². The molecular weight excluding hydrogens is 309 g/mol. The van der Waals surface area contributed by atoms with Gasteiger partial charge in [0.15, 0.2) is 0 Å². The maximum atomic E-state index is 13.5. The number of pyridine rings is 1. The van der Waals surface area contributed by atoms with Gasteiger partial charge in [-0.2, -0.15) is 0 Å². The van der Waals surface area contributed by atoms with Gasteiger partial charge >= 0.3 is 0 Å². The van der Waals surface area contributed by atoms with E-state index in [0.717, 1.165) is 12.1 Å². The molecular formula is C14H14FN3O3S. The number of hydrogen-bond acceptors (Lipinski definition) is 4. The van der Waals surface area contributed by atoms with Crippen LogP contribution in [0.4, 0.5) is 4.39 Å². The monoisotopic (exact) mass is 323 g/mol. The minimum Gasteiger partial charge on any atom is -0.344 e. The average molecular weight is 323 g/mol. The molecule has 0 aliphatic heterocycles. The summed E-state index contributed by atoms with van der Waals surface area (Å²) in [5.74, 6) is -1.56. The third-order valence-corrected chi connectivity index (χ3v) is 3.90. The van der Waals surface area contributed by atoms with E-state index in [4.69, 9.17) is 5.14 Å². The Labute approximate surface area is 127 Å². The van der Waals surface area contributed by atoms with E-state index in [0.29, 0.717) is 5.69 Å². The van der Waals surface area contributed by atoms with Crippen LogP contribution in [0.2, 0.25) is 0 Å². The van der Waals surface area contributed by atoms with Gasteiger partial charge in [0.1, 0.15) is 10.7 Å². The van der Waals surface area contributed by atoms with Gasteiger partial charge in [-0.15, -0.1) is 0 Å². The van der Waals surface area contributed by atoms with E-state index in [1.807, 2.05) is 0 Å². The summed E-state index contributed by atoms with van der Waals surface area (Å²) >= 11 is 0. The van der Waals surface area contributed by atoms with Crippen LogP contribution in [-0.4, -0.2) is 19.3 Å². The molecule has 0 spiro atoms. The number of rotatable bonds is 4. The smallest absolute Gasteiger partial charge is 0.251 e. The van der Waals surface area contributed by atoms with E-state index >= 15 is 0 Å². The predicted octanol–water partition coefficient (Wildman–Crippen LogP) is 1.36. The number of aromatic nitrogens is 1. The first kappa shape index (κ1) is 16.1. The number of primary sulfonamides is 1. The Kier molecular flexibility index (Phi) is 4.53. The normalized spacial score (nSPS) is 12.7. The standard InChI is InChI=1S/C14H14FN3O3S/c1-9(12-4-2-3-7-17-12)18-14(19)10-5-6-11(15)13(8-10)22(16,20)21/h2-9H,1H3,(H,18,19)(H2,16,20,21)/t9-/m0/s1. The van der Waals surface area contributed by atoms with Crippen molar-refractivity contribution in [3.8, 4) is 0 Å². The Morgan fingerprint density at radius 3 is 2.64 bits per heavy atom. The first-order chi connectivity index (χ1) is 10.3. The van der Waals surface area contributed by atoms with Crippen LogP contribution >= 0.6 is 0 Å². The molecule has 0 unspecified atom stereocenters. The minimum absolute atomic E-state index is 0.00629. The molecule has 0 bridgehead atoms. The Hall–Kier alpha value is -2.32. The molecule has 0 aliphatic rings.